The van der Waals surface area contributed by atoms with E-state index in [1.807, 2.05) is 43.7 Å². The van der Waals surface area contributed by atoms with Crippen LogP contribution >= 0.6 is 35.0 Å². The van der Waals surface area contributed by atoms with Gasteiger partial charge < -0.3 is 15.2 Å². The fraction of sp³-hybridized carbons (Fsp3) is 0.360. The van der Waals surface area contributed by atoms with E-state index in [9.17, 15) is 9.59 Å². The van der Waals surface area contributed by atoms with Crippen molar-refractivity contribution in [3.63, 3.8) is 0 Å². The molecule has 0 spiro atoms. The summed E-state index contributed by atoms with van der Waals surface area (Å²) in [5, 5.41) is 15.9. The number of hydrogen-bond acceptors (Lipinski definition) is 5. The largest absolute Gasteiger partial charge is 0.342 e. The number of carbonyl (C=O) groups excluding carboxylic acids is 2. The molecule has 0 aliphatic rings. The molecular formula is C25H29Cl2N5O2S. The summed E-state index contributed by atoms with van der Waals surface area (Å²) in [5.74, 6) is 0.632. The van der Waals surface area contributed by atoms with Crippen LogP contribution < -0.4 is 10.6 Å². The first-order valence-corrected chi connectivity index (χ1v) is 12.9. The van der Waals surface area contributed by atoms with E-state index in [0.29, 0.717) is 28.0 Å². The van der Waals surface area contributed by atoms with Crippen molar-refractivity contribution in [2.24, 2.45) is 13.0 Å². The highest BCUT2D eigenvalue weighted by atomic mass is 35.5. The summed E-state index contributed by atoms with van der Waals surface area (Å²) in [6.07, 6.45) is 0.653. The highest BCUT2D eigenvalue weighted by molar-refractivity contribution is 7.99. The molecule has 35 heavy (non-hydrogen) atoms. The second-order valence-electron chi connectivity index (χ2n) is 8.76. The van der Waals surface area contributed by atoms with E-state index in [-0.39, 0.29) is 34.5 Å². The van der Waals surface area contributed by atoms with Crippen molar-refractivity contribution in [3.8, 4) is 0 Å². The van der Waals surface area contributed by atoms with Gasteiger partial charge in [0.1, 0.15) is 0 Å². The van der Waals surface area contributed by atoms with Crippen molar-refractivity contribution in [1.29, 1.82) is 0 Å². The number of hydrogen-bond donors (Lipinski definition) is 2. The van der Waals surface area contributed by atoms with Gasteiger partial charge in [-0.15, -0.1) is 10.2 Å². The minimum absolute atomic E-state index is 0.127. The molecule has 1 heterocycles. The quantitative estimate of drug-likeness (QED) is 0.330. The molecule has 2 aromatic carbocycles. The SMILES string of the molecule is Cc1cccc(NC(=O)CSc2nnc([C@H](CC(C)C)NC(=O)c3ccc(Cl)cc3Cl)n2C)c1C. The standard InChI is InChI=1S/C25H29Cl2N5O2S/c1-14(2)11-21(29-24(34)18-10-9-17(26)12-19(18)27)23-30-31-25(32(23)5)35-13-22(33)28-20-8-6-7-15(3)16(20)4/h6-10,12,14,21H,11,13H2,1-5H3,(H,28,33)(H,29,34)/t21-/m0/s1. The maximum absolute atomic E-state index is 12.9. The topological polar surface area (TPSA) is 88.9 Å². The van der Waals surface area contributed by atoms with Crippen molar-refractivity contribution < 1.29 is 9.59 Å². The number of nitrogens with one attached hydrogen (secondary N) is 2. The average Bonchev–Trinajstić information content (AvgIpc) is 3.15. The van der Waals surface area contributed by atoms with Gasteiger partial charge in [0.25, 0.3) is 5.91 Å². The summed E-state index contributed by atoms with van der Waals surface area (Å²) >= 11 is 13.5. The minimum Gasteiger partial charge on any atom is -0.342 e. The lowest BCUT2D eigenvalue weighted by atomic mass is 10.0. The number of halogens is 2. The molecule has 0 bridgehead atoms. The van der Waals surface area contributed by atoms with E-state index >= 15 is 0 Å². The molecule has 3 rings (SSSR count). The lowest BCUT2D eigenvalue weighted by Gasteiger charge is -2.20. The van der Waals surface area contributed by atoms with Crippen molar-refractivity contribution >= 4 is 52.5 Å². The van der Waals surface area contributed by atoms with Crippen molar-refractivity contribution in [3.05, 3.63) is 69.0 Å². The summed E-state index contributed by atoms with van der Waals surface area (Å²) in [7, 11) is 1.83. The van der Waals surface area contributed by atoms with Crippen molar-refractivity contribution in [2.45, 2.75) is 45.3 Å². The zero-order valence-electron chi connectivity index (χ0n) is 20.4. The van der Waals surface area contributed by atoms with E-state index in [4.69, 9.17) is 23.2 Å². The summed E-state index contributed by atoms with van der Waals surface area (Å²) in [6, 6.07) is 10.2. The average molecular weight is 535 g/mol. The zero-order valence-corrected chi connectivity index (χ0v) is 22.7. The van der Waals surface area contributed by atoms with Gasteiger partial charge >= 0.3 is 0 Å². The van der Waals surface area contributed by atoms with Gasteiger partial charge in [-0.3, -0.25) is 9.59 Å². The van der Waals surface area contributed by atoms with Crippen LogP contribution in [0.5, 0.6) is 0 Å². The van der Waals surface area contributed by atoms with Crippen LogP contribution in [0.4, 0.5) is 5.69 Å². The molecule has 186 valence electrons. The van der Waals surface area contributed by atoms with E-state index in [0.717, 1.165) is 16.8 Å². The second-order valence-corrected chi connectivity index (χ2v) is 10.6. The fourth-order valence-electron chi connectivity index (χ4n) is 3.57. The van der Waals surface area contributed by atoms with Crippen LogP contribution in [0.3, 0.4) is 0 Å². The molecular weight excluding hydrogens is 505 g/mol. The van der Waals surface area contributed by atoms with Crippen LogP contribution in [-0.2, 0) is 11.8 Å². The van der Waals surface area contributed by atoms with Gasteiger partial charge in [-0.1, -0.05) is 60.9 Å². The molecule has 0 radical (unpaired) electrons. The molecule has 1 atom stereocenters. The number of nitrogens with zero attached hydrogens (tertiary/aromatic N) is 3. The van der Waals surface area contributed by atoms with Gasteiger partial charge in [0, 0.05) is 17.8 Å². The first kappa shape index (κ1) is 27.0. The lowest BCUT2D eigenvalue weighted by molar-refractivity contribution is -0.113. The Labute approximate surface area is 220 Å². The Kier molecular flexibility index (Phi) is 9.21. The Balaban J connectivity index is 1.71. The summed E-state index contributed by atoms with van der Waals surface area (Å²) < 4.78 is 1.81. The van der Waals surface area contributed by atoms with Crippen LogP contribution in [-0.4, -0.2) is 32.3 Å². The highest BCUT2D eigenvalue weighted by Gasteiger charge is 2.24. The van der Waals surface area contributed by atoms with Gasteiger partial charge in [0.05, 0.1) is 22.4 Å². The fourth-order valence-corrected chi connectivity index (χ4v) is 4.78. The third kappa shape index (κ3) is 6.99. The Morgan fingerprint density at radius 2 is 1.86 bits per heavy atom. The molecule has 0 aliphatic carbocycles. The minimum atomic E-state index is -0.384. The number of amides is 2. The lowest BCUT2D eigenvalue weighted by Crippen LogP contribution is -2.31. The number of aromatic nitrogens is 3. The molecule has 2 N–H and O–H groups in total. The van der Waals surface area contributed by atoms with Crippen molar-refractivity contribution in [1.82, 2.24) is 20.1 Å². The van der Waals surface area contributed by atoms with E-state index in [1.54, 1.807) is 12.1 Å². The third-order valence-electron chi connectivity index (χ3n) is 5.58. The number of aryl methyl sites for hydroxylation is 1. The molecule has 7 nitrogen and oxygen atoms in total. The number of benzene rings is 2. The Morgan fingerprint density at radius 1 is 1.11 bits per heavy atom. The first-order valence-electron chi connectivity index (χ1n) is 11.2. The molecule has 3 aromatic rings. The molecule has 0 unspecified atom stereocenters. The Bertz CT molecular complexity index is 1230. The van der Waals surface area contributed by atoms with Gasteiger partial charge in [-0.25, -0.2) is 0 Å². The summed E-state index contributed by atoms with van der Waals surface area (Å²) in [5.41, 5.74) is 3.30. The smallest absolute Gasteiger partial charge is 0.253 e. The number of carbonyl (C=O) groups is 2. The van der Waals surface area contributed by atoms with E-state index in [2.05, 4.69) is 34.7 Å². The van der Waals surface area contributed by atoms with E-state index in [1.165, 1.54) is 17.8 Å². The summed E-state index contributed by atoms with van der Waals surface area (Å²) in [6.45, 7) is 8.12. The molecule has 10 heteroatoms. The number of thioether (sulfide) groups is 1. The molecule has 0 saturated heterocycles. The molecule has 0 fully saturated rings. The predicted octanol–water partition coefficient (Wildman–Crippen LogP) is 5.99. The zero-order chi connectivity index (χ0) is 25.7. The van der Waals surface area contributed by atoms with Crippen LogP contribution in [0.1, 0.15) is 53.6 Å². The first-order chi connectivity index (χ1) is 16.6. The second kappa shape index (κ2) is 11.9. The van der Waals surface area contributed by atoms with Gasteiger partial charge in [-0.05, 0) is 61.6 Å². The van der Waals surface area contributed by atoms with Gasteiger partial charge in [-0.2, -0.15) is 0 Å². The Hall–Kier alpha value is -2.55. The number of anilines is 1. The van der Waals surface area contributed by atoms with Gasteiger partial charge in [0.2, 0.25) is 5.91 Å². The van der Waals surface area contributed by atoms with Crippen LogP contribution in [0, 0.1) is 19.8 Å². The number of rotatable bonds is 9. The maximum atomic E-state index is 12.9. The molecule has 2 amide bonds. The highest BCUT2D eigenvalue weighted by Crippen LogP contribution is 2.26. The normalized spacial score (nSPS) is 12.0. The van der Waals surface area contributed by atoms with Crippen molar-refractivity contribution in [2.75, 3.05) is 11.1 Å². The molecule has 0 saturated carbocycles. The van der Waals surface area contributed by atoms with Crippen LogP contribution in [0.25, 0.3) is 0 Å². The van der Waals surface area contributed by atoms with Crippen LogP contribution in [0.2, 0.25) is 10.0 Å². The molecule has 0 aliphatic heterocycles. The third-order valence-corrected chi connectivity index (χ3v) is 7.15. The summed E-state index contributed by atoms with van der Waals surface area (Å²) in [4.78, 5) is 25.5. The van der Waals surface area contributed by atoms with E-state index < -0.39 is 0 Å². The van der Waals surface area contributed by atoms with Crippen LogP contribution in [0.15, 0.2) is 41.6 Å². The predicted molar refractivity (Wildman–Crippen MR) is 142 cm³/mol. The molecule has 1 aromatic heterocycles. The maximum Gasteiger partial charge on any atom is 0.253 e. The van der Waals surface area contributed by atoms with Gasteiger partial charge in [0.15, 0.2) is 11.0 Å². The Morgan fingerprint density at radius 3 is 2.54 bits per heavy atom. The monoisotopic (exact) mass is 533 g/mol.